The molecule has 1 aliphatic rings. The minimum absolute atomic E-state index is 0. The molecular weight excluding hydrogens is 398 g/mol. The summed E-state index contributed by atoms with van der Waals surface area (Å²) >= 11 is 0. The number of amides is 1. The zero-order chi connectivity index (χ0) is 20.1. The first kappa shape index (κ1) is 22.0. The van der Waals surface area contributed by atoms with Crippen molar-refractivity contribution in [1.82, 2.24) is 25.3 Å². The fourth-order valence-corrected chi connectivity index (χ4v) is 3.54. The molecule has 3 aromatic rings. The van der Waals surface area contributed by atoms with E-state index in [4.69, 9.17) is 5.10 Å². The fraction of sp³-hybridized carbons (Fsp3) is 0.304. The summed E-state index contributed by atoms with van der Waals surface area (Å²) in [6.45, 7) is 7.61. The van der Waals surface area contributed by atoms with Gasteiger partial charge in [0.05, 0.1) is 11.3 Å². The van der Waals surface area contributed by atoms with E-state index in [0.717, 1.165) is 44.0 Å². The monoisotopic (exact) mass is 425 g/mol. The first-order valence-electron chi connectivity index (χ1n) is 10.1. The zero-order valence-corrected chi connectivity index (χ0v) is 18.0. The Balaban J connectivity index is 0.00000256. The Kier molecular flexibility index (Phi) is 7.63. The van der Waals surface area contributed by atoms with Gasteiger partial charge in [0.25, 0.3) is 5.91 Å². The maximum Gasteiger partial charge on any atom is 0.255 e. The van der Waals surface area contributed by atoms with Gasteiger partial charge in [0.2, 0.25) is 0 Å². The molecule has 1 amide bonds. The highest BCUT2D eigenvalue weighted by atomic mass is 35.5. The number of rotatable bonds is 6. The molecule has 1 aromatic heterocycles. The summed E-state index contributed by atoms with van der Waals surface area (Å²) in [5, 5.41) is 11.2. The fourth-order valence-electron chi connectivity index (χ4n) is 3.54. The van der Waals surface area contributed by atoms with E-state index >= 15 is 0 Å². The van der Waals surface area contributed by atoms with E-state index in [9.17, 15) is 4.79 Å². The number of aryl methyl sites for hydroxylation is 1. The van der Waals surface area contributed by atoms with Crippen molar-refractivity contribution in [1.29, 1.82) is 0 Å². The number of aromatic nitrogens is 2. The average Bonchev–Trinajstić information content (AvgIpc) is 3.21. The van der Waals surface area contributed by atoms with Gasteiger partial charge in [-0.1, -0.05) is 48.0 Å². The lowest BCUT2D eigenvalue weighted by atomic mass is 10.1. The number of carbonyl (C=O) groups is 1. The second kappa shape index (κ2) is 10.4. The molecule has 1 saturated heterocycles. The quantitative estimate of drug-likeness (QED) is 0.637. The van der Waals surface area contributed by atoms with Crippen LogP contribution in [-0.2, 0) is 0 Å². The zero-order valence-electron chi connectivity index (χ0n) is 17.2. The van der Waals surface area contributed by atoms with Gasteiger partial charge in [0.15, 0.2) is 0 Å². The van der Waals surface area contributed by atoms with Crippen LogP contribution in [0, 0.1) is 6.92 Å². The number of halogens is 1. The molecule has 2 heterocycles. The van der Waals surface area contributed by atoms with Crippen LogP contribution in [0.5, 0.6) is 0 Å². The van der Waals surface area contributed by atoms with E-state index in [-0.39, 0.29) is 18.3 Å². The van der Waals surface area contributed by atoms with Crippen molar-refractivity contribution < 1.29 is 4.79 Å². The summed E-state index contributed by atoms with van der Waals surface area (Å²) < 4.78 is 1.78. The Morgan fingerprint density at radius 2 is 1.77 bits per heavy atom. The molecule has 0 unspecified atom stereocenters. The molecule has 2 N–H and O–H groups in total. The van der Waals surface area contributed by atoms with Crippen molar-refractivity contribution in [3.63, 3.8) is 0 Å². The van der Waals surface area contributed by atoms with E-state index in [1.807, 2.05) is 60.8 Å². The summed E-state index contributed by atoms with van der Waals surface area (Å²) in [4.78, 5) is 15.3. The molecule has 0 bridgehead atoms. The lowest BCUT2D eigenvalue weighted by molar-refractivity contribution is 0.0948. The lowest BCUT2D eigenvalue weighted by Crippen LogP contribution is -2.46. The first-order valence-corrected chi connectivity index (χ1v) is 10.1. The maximum atomic E-state index is 13.0. The molecule has 1 fully saturated rings. The summed E-state index contributed by atoms with van der Waals surface area (Å²) in [5.41, 5.74) is 4.36. The van der Waals surface area contributed by atoms with Crippen molar-refractivity contribution >= 4 is 18.3 Å². The van der Waals surface area contributed by atoms with Gasteiger partial charge in [-0.3, -0.25) is 9.69 Å². The van der Waals surface area contributed by atoms with Crippen LogP contribution >= 0.6 is 12.4 Å². The lowest BCUT2D eigenvalue weighted by Gasteiger charge is -2.27. The predicted molar refractivity (Wildman–Crippen MR) is 123 cm³/mol. The van der Waals surface area contributed by atoms with Gasteiger partial charge in [0, 0.05) is 51.0 Å². The van der Waals surface area contributed by atoms with Crippen LogP contribution in [0.2, 0.25) is 0 Å². The summed E-state index contributed by atoms with van der Waals surface area (Å²) in [5.74, 6) is -0.0858. The molecule has 6 nitrogen and oxygen atoms in total. The van der Waals surface area contributed by atoms with E-state index in [1.54, 1.807) is 4.68 Å². The van der Waals surface area contributed by atoms with Crippen LogP contribution in [0.1, 0.15) is 15.9 Å². The number of hydrogen-bond donors (Lipinski definition) is 2. The Morgan fingerprint density at radius 3 is 2.47 bits per heavy atom. The Morgan fingerprint density at radius 1 is 1.07 bits per heavy atom. The van der Waals surface area contributed by atoms with Crippen LogP contribution in [0.3, 0.4) is 0 Å². The number of carbonyl (C=O) groups excluding carboxylic acids is 1. The largest absolute Gasteiger partial charge is 0.351 e. The number of nitrogens with one attached hydrogen (secondary N) is 2. The topological polar surface area (TPSA) is 62.2 Å². The molecule has 7 heteroatoms. The third-order valence-corrected chi connectivity index (χ3v) is 5.23. The van der Waals surface area contributed by atoms with Crippen molar-refractivity contribution in [3.8, 4) is 16.9 Å². The van der Waals surface area contributed by atoms with Crippen molar-refractivity contribution in [3.05, 3.63) is 71.9 Å². The van der Waals surface area contributed by atoms with E-state index in [2.05, 4.69) is 22.5 Å². The average molecular weight is 426 g/mol. The third kappa shape index (κ3) is 5.27. The second-order valence-electron chi connectivity index (χ2n) is 7.39. The van der Waals surface area contributed by atoms with Crippen LogP contribution in [-0.4, -0.2) is 59.9 Å². The van der Waals surface area contributed by atoms with Gasteiger partial charge >= 0.3 is 0 Å². The van der Waals surface area contributed by atoms with Crippen molar-refractivity contribution in [2.75, 3.05) is 39.3 Å². The molecular formula is C23H28ClN5O. The van der Waals surface area contributed by atoms with Crippen molar-refractivity contribution in [2.45, 2.75) is 6.92 Å². The van der Waals surface area contributed by atoms with Gasteiger partial charge in [-0.15, -0.1) is 12.4 Å². The molecule has 0 radical (unpaired) electrons. The molecule has 0 atom stereocenters. The van der Waals surface area contributed by atoms with E-state index < -0.39 is 0 Å². The molecule has 158 valence electrons. The highest BCUT2D eigenvalue weighted by Crippen LogP contribution is 2.23. The number of nitrogens with zero attached hydrogens (tertiary/aromatic N) is 3. The minimum Gasteiger partial charge on any atom is -0.351 e. The summed E-state index contributed by atoms with van der Waals surface area (Å²) in [6.07, 6.45) is 1.83. The maximum absolute atomic E-state index is 13.0. The number of hydrogen-bond acceptors (Lipinski definition) is 4. The van der Waals surface area contributed by atoms with E-state index in [1.165, 1.54) is 5.56 Å². The van der Waals surface area contributed by atoms with Gasteiger partial charge in [-0.05, 0) is 19.1 Å². The standard InChI is InChI=1S/C23H27N5O.ClH/c1-18-7-9-20(10-8-18)28-17-21(22(26-28)19-5-3-2-4-6-19)23(29)25-13-16-27-14-11-24-12-15-27;/h2-10,17,24H,11-16H2,1H3,(H,25,29);1H. The molecule has 0 aliphatic carbocycles. The van der Waals surface area contributed by atoms with Crippen LogP contribution < -0.4 is 10.6 Å². The number of benzene rings is 2. The third-order valence-electron chi connectivity index (χ3n) is 5.23. The van der Waals surface area contributed by atoms with Gasteiger partial charge in [-0.25, -0.2) is 4.68 Å². The molecule has 4 rings (SSSR count). The smallest absolute Gasteiger partial charge is 0.255 e. The molecule has 2 aromatic carbocycles. The highest BCUT2D eigenvalue weighted by Gasteiger charge is 2.19. The normalized spacial score (nSPS) is 14.2. The van der Waals surface area contributed by atoms with Crippen molar-refractivity contribution in [2.24, 2.45) is 0 Å². The molecule has 0 saturated carbocycles. The second-order valence-corrected chi connectivity index (χ2v) is 7.39. The number of piperazine rings is 1. The SMILES string of the molecule is Cc1ccc(-n2cc(C(=O)NCCN3CCNCC3)c(-c3ccccc3)n2)cc1.Cl. The van der Waals surface area contributed by atoms with Gasteiger partial charge < -0.3 is 10.6 Å². The van der Waals surface area contributed by atoms with E-state index in [0.29, 0.717) is 17.8 Å². The first-order chi connectivity index (χ1) is 14.2. The predicted octanol–water partition coefficient (Wildman–Crippen LogP) is 2.90. The van der Waals surface area contributed by atoms with Crippen LogP contribution in [0.25, 0.3) is 16.9 Å². The Bertz CT molecular complexity index is 949. The summed E-state index contributed by atoms with van der Waals surface area (Å²) in [6, 6.07) is 18.0. The summed E-state index contributed by atoms with van der Waals surface area (Å²) in [7, 11) is 0. The van der Waals surface area contributed by atoms with Gasteiger partial charge in [0.1, 0.15) is 5.69 Å². The molecule has 0 spiro atoms. The highest BCUT2D eigenvalue weighted by molar-refractivity contribution is 5.99. The van der Waals surface area contributed by atoms with Crippen LogP contribution in [0.15, 0.2) is 60.8 Å². The molecule has 30 heavy (non-hydrogen) atoms. The molecule has 1 aliphatic heterocycles. The Labute approximate surface area is 183 Å². The van der Waals surface area contributed by atoms with Gasteiger partial charge in [-0.2, -0.15) is 5.10 Å². The minimum atomic E-state index is -0.0858. The Hall–Kier alpha value is -2.67. The van der Waals surface area contributed by atoms with Crippen LogP contribution in [0.4, 0.5) is 0 Å².